The van der Waals surface area contributed by atoms with Crippen molar-refractivity contribution in [3.05, 3.63) is 101 Å². The first-order chi connectivity index (χ1) is 17.6. The quantitative estimate of drug-likeness (QED) is 0.343. The van der Waals surface area contributed by atoms with Gasteiger partial charge < -0.3 is 10.0 Å². The first-order valence-electron chi connectivity index (χ1n) is 12.0. The lowest BCUT2D eigenvalue weighted by molar-refractivity contribution is -0.131. The van der Waals surface area contributed by atoms with Crippen LogP contribution in [-0.4, -0.2) is 32.2 Å². The van der Waals surface area contributed by atoms with Crippen LogP contribution >= 0.6 is 0 Å². The van der Waals surface area contributed by atoms with E-state index in [0.29, 0.717) is 24.0 Å². The van der Waals surface area contributed by atoms with Crippen molar-refractivity contribution < 1.29 is 22.7 Å². The minimum atomic E-state index is -3.29. The summed E-state index contributed by atoms with van der Waals surface area (Å²) in [4.78, 5) is 15.1. The SMILES string of the molecule is Cc1ccc([C@@H]2[C@@H](CC[C@H](O)c3ccc(F)cc3)C(=O)N2c2ccc(C#CCNS(C)(=O)=O)cc2)cc1. The van der Waals surface area contributed by atoms with Gasteiger partial charge in [0, 0.05) is 11.3 Å². The third-order valence-electron chi connectivity index (χ3n) is 6.44. The first kappa shape index (κ1) is 26.6. The molecule has 0 bridgehead atoms. The Bertz CT molecular complexity index is 1410. The van der Waals surface area contributed by atoms with E-state index in [-0.39, 0.29) is 30.2 Å². The molecule has 4 rings (SSSR count). The van der Waals surface area contributed by atoms with Crippen LogP contribution in [0.25, 0.3) is 0 Å². The smallest absolute Gasteiger partial charge is 0.233 e. The number of sulfonamides is 1. The number of nitrogens with zero attached hydrogens (tertiary/aromatic N) is 1. The molecule has 1 saturated heterocycles. The number of aliphatic hydroxyl groups excluding tert-OH is 1. The number of aryl methyl sites for hydroxylation is 1. The molecule has 192 valence electrons. The largest absolute Gasteiger partial charge is 0.388 e. The van der Waals surface area contributed by atoms with Crippen LogP contribution in [0.4, 0.5) is 10.1 Å². The van der Waals surface area contributed by atoms with Crippen LogP contribution in [0.5, 0.6) is 0 Å². The minimum Gasteiger partial charge on any atom is -0.388 e. The van der Waals surface area contributed by atoms with Crippen molar-refractivity contribution in [3.63, 3.8) is 0 Å². The number of carbonyl (C=O) groups is 1. The Morgan fingerprint density at radius 1 is 1.03 bits per heavy atom. The predicted octanol–water partition coefficient (Wildman–Crippen LogP) is 4.25. The summed E-state index contributed by atoms with van der Waals surface area (Å²) in [6.07, 6.45) is 1.17. The second-order valence-electron chi connectivity index (χ2n) is 9.26. The molecule has 2 N–H and O–H groups in total. The van der Waals surface area contributed by atoms with Crippen LogP contribution in [0.3, 0.4) is 0 Å². The van der Waals surface area contributed by atoms with Crippen LogP contribution in [0.15, 0.2) is 72.8 Å². The average Bonchev–Trinajstić information content (AvgIpc) is 2.86. The molecule has 0 aromatic heterocycles. The van der Waals surface area contributed by atoms with E-state index in [0.717, 1.165) is 23.1 Å². The zero-order valence-electron chi connectivity index (χ0n) is 20.7. The van der Waals surface area contributed by atoms with Crippen LogP contribution in [0.1, 0.15) is 47.2 Å². The Morgan fingerprint density at radius 2 is 1.68 bits per heavy atom. The minimum absolute atomic E-state index is 0.0200. The van der Waals surface area contributed by atoms with E-state index < -0.39 is 16.1 Å². The molecule has 0 spiro atoms. The molecule has 6 nitrogen and oxygen atoms in total. The van der Waals surface area contributed by atoms with Gasteiger partial charge >= 0.3 is 0 Å². The van der Waals surface area contributed by atoms with Crippen molar-refractivity contribution in [2.24, 2.45) is 5.92 Å². The third kappa shape index (κ3) is 6.63. The van der Waals surface area contributed by atoms with Crippen LogP contribution < -0.4 is 9.62 Å². The van der Waals surface area contributed by atoms with Gasteiger partial charge in [0.15, 0.2) is 0 Å². The molecule has 3 aromatic carbocycles. The highest BCUT2D eigenvalue weighted by Crippen LogP contribution is 2.46. The van der Waals surface area contributed by atoms with E-state index in [1.54, 1.807) is 29.2 Å². The van der Waals surface area contributed by atoms with E-state index >= 15 is 0 Å². The summed E-state index contributed by atoms with van der Waals surface area (Å²) in [5.41, 5.74) is 4.21. The van der Waals surface area contributed by atoms with E-state index in [1.807, 2.05) is 43.3 Å². The molecule has 0 aliphatic carbocycles. The molecule has 0 saturated carbocycles. The Kier molecular flexibility index (Phi) is 8.08. The zero-order valence-corrected chi connectivity index (χ0v) is 21.5. The number of aliphatic hydroxyl groups is 1. The number of rotatable bonds is 8. The van der Waals surface area contributed by atoms with Gasteiger partial charge in [-0.05, 0) is 67.3 Å². The standard InChI is InChI=1S/C29H29FN2O4S/c1-20-5-9-23(10-6-20)28-26(17-18-27(33)22-11-13-24(30)14-12-22)29(34)32(28)25-15-7-21(8-16-25)4-3-19-31-37(2,35)36/h5-16,26-28,31,33H,17-19H2,1-2H3/t26-,27+,28-/m1/s1. The number of anilines is 1. The maximum Gasteiger partial charge on any atom is 0.233 e. The summed E-state index contributed by atoms with van der Waals surface area (Å²) in [5, 5.41) is 10.6. The molecular formula is C29H29FN2O4S. The number of nitrogens with one attached hydrogen (secondary N) is 1. The van der Waals surface area contributed by atoms with Gasteiger partial charge in [0.2, 0.25) is 15.9 Å². The second kappa shape index (κ2) is 11.3. The lowest BCUT2D eigenvalue weighted by Gasteiger charge is -2.48. The molecule has 37 heavy (non-hydrogen) atoms. The number of β-lactam (4-membered cyclic amide) rings is 1. The molecule has 8 heteroatoms. The maximum atomic E-state index is 13.3. The van der Waals surface area contributed by atoms with Crippen molar-refractivity contribution in [2.75, 3.05) is 17.7 Å². The number of hydrogen-bond acceptors (Lipinski definition) is 4. The van der Waals surface area contributed by atoms with Gasteiger partial charge in [-0.1, -0.05) is 53.8 Å². The highest BCUT2D eigenvalue weighted by atomic mass is 32.2. The lowest BCUT2D eigenvalue weighted by atomic mass is 9.78. The Morgan fingerprint density at radius 3 is 2.30 bits per heavy atom. The summed E-state index contributed by atoms with van der Waals surface area (Å²) >= 11 is 0. The molecule has 0 unspecified atom stereocenters. The highest BCUT2D eigenvalue weighted by molar-refractivity contribution is 7.88. The van der Waals surface area contributed by atoms with Gasteiger partial charge in [-0.25, -0.2) is 17.5 Å². The zero-order chi connectivity index (χ0) is 26.6. The van der Waals surface area contributed by atoms with Crippen molar-refractivity contribution >= 4 is 21.6 Å². The molecule has 1 amide bonds. The molecule has 1 aliphatic heterocycles. The van der Waals surface area contributed by atoms with Gasteiger partial charge in [-0.3, -0.25) is 4.79 Å². The van der Waals surface area contributed by atoms with Gasteiger partial charge in [0.25, 0.3) is 0 Å². The van der Waals surface area contributed by atoms with Gasteiger partial charge in [-0.2, -0.15) is 0 Å². The average molecular weight is 521 g/mol. The van der Waals surface area contributed by atoms with E-state index in [9.17, 15) is 22.7 Å². The normalized spacial score (nSPS) is 18.1. The van der Waals surface area contributed by atoms with Crippen molar-refractivity contribution in [1.29, 1.82) is 0 Å². The summed E-state index contributed by atoms with van der Waals surface area (Å²) in [6.45, 7) is 2.03. The van der Waals surface area contributed by atoms with Crippen LogP contribution in [0, 0.1) is 30.5 Å². The first-order valence-corrected chi connectivity index (χ1v) is 13.9. The molecule has 1 aliphatic rings. The Hall–Kier alpha value is -3.51. The number of hydrogen-bond donors (Lipinski definition) is 2. The van der Waals surface area contributed by atoms with Crippen LogP contribution in [-0.2, 0) is 14.8 Å². The molecule has 1 fully saturated rings. The summed E-state index contributed by atoms with van der Waals surface area (Å²) in [7, 11) is -3.29. The summed E-state index contributed by atoms with van der Waals surface area (Å²) in [5.74, 6) is 5.01. The van der Waals surface area contributed by atoms with E-state index in [2.05, 4.69) is 16.6 Å². The Labute approximate surface area is 217 Å². The fourth-order valence-corrected chi connectivity index (χ4v) is 4.80. The van der Waals surface area contributed by atoms with Gasteiger partial charge in [0.05, 0.1) is 30.9 Å². The molecule has 3 atom stereocenters. The molecule has 3 aromatic rings. The number of halogens is 1. The number of amides is 1. The van der Waals surface area contributed by atoms with Crippen LogP contribution in [0.2, 0.25) is 0 Å². The van der Waals surface area contributed by atoms with Crippen molar-refractivity contribution in [3.8, 4) is 11.8 Å². The number of benzene rings is 3. The Balaban J connectivity index is 1.50. The fraction of sp³-hybridized carbons (Fsp3) is 0.276. The predicted molar refractivity (Wildman–Crippen MR) is 142 cm³/mol. The highest BCUT2D eigenvalue weighted by Gasteiger charge is 2.48. The second-order valence-corrected chi connectivity index (χ2v) is 11.1. The van der Waals surface area contributed by atoms with Gasteiger partial charge in [-0.15, -0.1) is 0 Å². The fourth-order valence-electron chi connectivity index (χ4n) is 4.47. The third-order valence-corrected chi connectivity index (χ3v) is 7.11. The molecular weight excluding hydrogens is 491 g/mol. The lowest BCUT2D eigenvalue weighted by Crippen LogP contribution is -2.55. The summed E-state index contributed by atoms with van der Waals surface area (Å²) in [6, 6.07) is 20.9. The number of carbonyl (C=O) groups excluding carboxylic acids is 1. The van der Waals surface area contributed by atoms with E-state index in [4.69, 9.17) is 0 Å². The molecule has 1 heterocycles. The van der Waals surface area contributed by atoms with Gasteiger partial charge in [0.1, 0.15) is 5.82 Å². The van der Waals surface area contributed by atoms with Crippen molar-refractivity contribution in [2.45, 2.75) is 31.9 Å². The van der Waals surface area contributed by atoms with E-state index in [1.165, 1.54) is 12.1 Å². The monoisotopic (exact) mass is 520 g/mol. The van der Waals surface area contributed by atoms with Crippen molar-refractivity contribution in [1.82, 2.24) is 4.72 Å². The topological polar surface area (TPSA) is 86.7 Å². The molecule has 0 radical (unpaired) electrons. The maximum absolute atomic E-state index is 13.3. The summed E-state index contributed by atoms with van der Waals surface area (Å²) < 4.78 is 37.9.